The van der Waals surface area contributed by atoms with Gasteiger partial charge in [0, 0.05) is 85.1 Å². The Bertz CT molecular complexity index is 1450. The number of hydrogen-bond donors (Lipinski definition) is 2. The topological polar surface area (TPSA) is 87.1 Å². The molecule has 1 saturated heterocycles. The van der Waals surface area contributed by atoms with E-state index in [1.807, 2.05) is 48.5 Å². The number of carbonyl (C=O) groups excluding carboxylic acids is 1. The summed E-state index contributed by atoms with van der Waals surface area (Å²) in [6.07, 6.45) is 5.37. The van der Waals surface area contributed by atoms with E-state index in [9.17, 15) is 4.79 Å². The summed E-state index contributed by atoms with van der Waals surface area (Å²) in [6, 6.07) is 21.8. The second kappa shape index (κ2) is 17.8. The highest BCUT2D eigenvalue weighted by molar-refractivity contribution is 6.18. The van der Waals surface area contributed by atoms with Crippen LogP contribution in [0.3, 0.4) is 0 Å². The summed E-state index contributed by atoms with van der Waals surface area (Å²) in [5, 5.41) is 1.11. The van der Waals surface area contributed by atoms with Crippen molar-refractivity contribution in [1.82, 2.24) is 9.88 Å². The minimum atomic E-state index is -0.377. The van der Waals surface area contributed by atoms with Gasteiger partial charge in [-0.2, -0.15) is 0 Å². The van der Waals surface area contributed by atoms with E-state index in [4.69, 9.17) is 38.4 Å². The first-order valence-electron chi connectivity index (χ1n) is 15.5. The van der Waals surface area contributed by atoms with E-state index in [1.165, 1.54) is 17.7 Å². The molecule has 0 bridgehead atoms. The molecule has 45 heavy (non-hydrogen) atoms. The minimum absolute atomic E-state index is 0.377. The number of piperazine rings is 1. The number of amides is 1. The van der Waals surface area contributed by atoms with Crippen molar-refractivity contribution in [2.45, 2.75) is 19.3 Å². The van der Waals surface area contributed by atoms with Crippen LogP contribution in [0.4, 0.5) is 11.4 Å². The maximum atomic E-state index is 11.5. The van der Waals surface area contributed by atoms with Crippen molar-refractivity contribution in [3.8, 4) is 11.5 Å². The number of rotatable bonds is 14. The van der Waals surface area contributed by atoms with Crippen LogP contribution in [0, 0.1) is 0 Å². The maximum absolute atomic E-state index is 11.5. The number of primary amides is 1. The van der Waals surface area contributed by atoms with Crippen molar-refractivity contribution in [3.63, 3.8) is 0 Å². The highest BCUT2D eigenvalue weighted by Gasteiger charge is 2.17. The third-order valence-electron chi connectivity index (χ3n) is 8.18. The number of aromatic amines is 1. The van der Waals surface area contributed by atoms with Crippen molar-refractivity contribution in [2.75, 3.05) is 81.6 Å². The predicted molar refractivity (Wildman–Crippen MR) is 188 cm³/mol. The highest BCUT2D eigenvalue weighted by Crippen LogP contribution is 2.23. The third-order valence-corrected chi connectivity index (χ3v) is 8.52. The zero-order valence-corrected chi connectivity index (χ0v) is 27.8. The van der Waals surface area contributed by atoms with Crippen molar-refractivity contribution in [2.24, 2.45) is 5.73 Å². The summed E-state index contributed by atoms with van der Waals surface area (Å²) in [7, 11) is 3.36. The quantitative estimate of drug-likeness (QED) is 0.121. The molecule has 3 N–H and O–H groups in total. The molecule has 0 atom stereocenters. The van der Waals surface area contributed by atoms with Gasteiger partial charge in [0.25, 0.3) is 0 Å². The van der Waals surface area contributed by atoms with E-state index in [0.29, 0.717) is 17.3 Å². The summed E-state index contributed by atoms with van der Waals surface area (Å²) in [4.78, 5) is 21.9. The predicted octanol–water partition coefficient (Wildman–Crippen LogP) is 6.40. The van der Waals surface area contributed by atoms with E-state index in [-0.39, 0.29) is 5.91 Å². The fourth-order valence-electron chi connectivity index (χ4n) is 5.58. The van der Waals surface area contributed by atoms with E-state index in [0.717, 1.165) is 86.7 Å². The molecule has 1 amide bonds. The van der Waals surface area contributed by atoms with Crippen molar-refractivity contribution < 1.29 is 14.3 Å². The normalized spacial score (nSPS) is 13.3. The fraction of sp³-hybridized carbons (Fsp3) is 0.400. The Morgan fingerprint density at radius 2 is 1.49 bits per heavy atom. The molecule has 1 aliphatic rings. The van der Waals surface area contributed by atoms with Gasteiger partial charge in [-0.15, -0.1) is 23.2 Å². The van der Waals surface area contributed by atoms with Gasteiger partial charge in [-0.1, -0.05) is 0 Å². The van der Waals surface area contributed by atoms with Crippen molar-refractivity contribution in [1.29, 1.82) is 0 Å². The zero-order valence-electron chi connectivity index (χ0n) is 26.3. The first-order valence-corrected chi connectivity index (χ1v) is 16.5. The molecule has 1 fully saturated rings. The molecule has 5 rings (SSSR count). The number of unbranched alkanes of at least 4 members (excludes halogenated alkanes) is 1. The number of hydrogen-bond acceptors (Lipinski definition) is 6. The van der Waals surface area contributed by atoms with Crippen LogP contribution in [0.15, 0.2) is 72.9 Å². The van der Waals surface area contributed by atoms with Crippen LogP contribution in [0.2, 0.25) is 0 Å². The van der Waals surface area contributed by atoms with Crippen LogP contribution in [-0.4, -0.2) is 87.6 Å². The molecule has 4 aromatic rings. The lowest BCUT2D eigenvalue weighted by Crippen LogP contribution is -2.46. The number of carbonyl (C=O) groups is 1. The number of alkyl halides is 2. The molecule has 0 spiro atoms. The molecule has 8 nitrogen and oxygen atoms in total. The van der Waals surface area contributed by atoms with Gasteiger partial charge in [0.1, 0.15) is 11.5 Å². The molecule has 242 valence electrons. The van der Waals surface area contributed by atoms with E-state index in [1.54, 1.807) is 20.3 Å². The smallest absolute Gasteiger partial charge is 0.248 e. The van der Waals surface area contributed by atoms with Gasteiger partial charge in [0.05, 0.1) is 14.2 Å². The van der Waals surface area contributed by atoms with Crippen LogP contribution in [-0.2, 0) is 6.42 Å². The Balaban J connectivity index is 0.000000259. The molecule has 10 heteroatoms. The lowest BCUT2D eigenvalue weighted by Gasteiger charge is -2.36. The molecule has 0 unspecified atom stereocenters. The Kier molecular flexibility index (Phi) is 13.5. The highest BCUT2D eigenvalue weighted by atomic mass is 35.5. The second-order valence-electron chi connectivity index (χ2n) is 11.0. The number of ether oxygens (including phenoxy) is 2. The number of anilines is 2. The second-order valence-corrected chi connectivity index (χ2v) is 11.7. The molecule has 0 saturated carbocycles. The number of methoxy groups -OCH3 is 2. The number of aromatic nitrogens is 1. The van der Waals surface area contributed by atoms with Gasteiger partial charge in [-0.05, 0) is 98.1 Å². The molecule has 3 aromatic carbocycles. The first-order chi connectivity index (χ1) is 21.9. The molecular weight excluding hydrogens is 609 g/mol. The van der Waals surface area contributed by atoms with E-state index < -0.39 is 0 Å². The number of nitrogens with two attached hydrogens (primary N) is 1. The molecule has 2 heterocycles. The lowest BCUT2D eigenvalue weighted by molar-refractivity contribution is 0.100. The Morgan fingerprint density at radius 3 is 2.07 bits per heavy atom. The van der Waals surface area contributed by atoms with Gasteiger partial charge >= 0.3 is 0 Å². The number of benzene rings is 3. The number of nitrogens with zero attached hydrogens (tertiary/aromatic N) is 3. The minimum Gasteiger partial charge on any atom is -0.497 e. The first kappa shape index (κ1) is 34.3. The zero-order chi connectivity index (χ0) is 32.0. The maximum Gasteiger partial charge on any atom is 0.248 e. The van der Waals surface area contributed by atoms with E-state index >= 15 is 0 Å². The summed E-state index contributed by atoms with van der Waals surface area (Å²) < 4.78 is 10.3. The average molecular weight is 655 g/mol. The number of nitrogens with one attached hydrogen (secondary N) is 1. The van der Waals surface area contributed by atoms with Crippen molar-refractivity contribution in [3.05, 3.63) is 84.1 Å². The largest absolute Gasteiger partial charge is 0.497 e. The molecule has 0 aliphatic carbocycles. The summed E-state index contributed by atoms with van der Waals surface area (Å²) in [6.45, 7) is 7.06. The standard InChI is InChI=1S/C24H30N4O2.C11H15Cl2NO/c1-30-21-8-6-20(7-9-21)28-14-12-27(13-15-28)11-3-2-4-19-17-26-23-10-5-18(24(25)29)16-22(19)23;1-15-11-4-2-10(3-5-11)14(8-6-12)9-7-13/h5-10,16-17,26H,2-4,11-15H2,1H3,(H2,25,29);2-5H,6-9H2,1H3. The Labute approximate surface area is 277 Å². The van der Waals surface area contributed by atoms with Crippen LogP contribution >= 0.6 is 23.2 Å². The summed E-state index contributed by atoms with van der Waals surface area (Å²) >= 11 is 11.5. The van der Waals surface area contributed by atoms with Crippen LogP contribution in [0.25, 0.3) is 10.9 Å². The van der Waals surface area contributed by atoms with Crippen LogP contribution in [0.1, 0.15) is 28.8 Å². The molecular formula is C35H45Cl2N5O3. The van der Waals surface area contributed by atoms with Gasteiger partial charge in [0.2, 0.25) is 5.91 Å². The van der Waals surface area contributed by atoms with E-state index in [2.05, 4.69) is 38.0 Å². The van der Waals surface area contributed by atoms with Gasteiger partial charge < -0.3 is 30.0 Å². The Hall–Kier alpha value is -3.59. The number of aryl methyl sites for hydroxylation is 1. The van der Waals surface area contributed by atoms with Gasteiger partial charge in [0.15, 0.2) is 0 Å². The van der Waals surface area contributed by atoms with Crippen molar-refractivity contribution >= 4 is 51.4 Å². The van der Waals surface area contributed by atoms with Gasteiger partial charge in [-0.3, -0.25) is 9.69 Å². The summed E-state index contributed by atoms with van der Waals surface area (Å²) in [5.41, 5.74) is 10.7. The third kappa shape index (κ3) is 9.95. The number of H-pyrrole nitrogens is 1. The number of fused-ring (bicyclic) bond motifs is 1. The summed E-state index contributed by atoms with van der Waals surface area (Å²) in [5.74, 6) is 2.58. The fourth-order valence-corrected chi connectivity index (χ4v) is 5.99. The van der Waals surface area contributed by atoms with Crippen LogP contribution < -0.4 is 25.0 Å². The van der Waals surface area contributed by atoms with Crippen LogP contribution in [0.5, 0.6) is 11.5 Å². The SMILES string of the molecule is COc1ccc(N(CCCl)CCCl)cc1.COc1ccc(N2CCN(CCCCc3c[nH]c4ccc(C(N)=O)cc34)CC2)cc1. The molecule has 1 aromatic heterocycles. The molecule has 1 aliphatic heterocycles. The van der Waals surface area contributed by atoms with Gasteiger partial charge in [-0.25, -0.2) is 0 Å². The molecule has 0 radical (unpaired) electrons. The Morgan fingerprint density at radius 1 is 0.867 bits per heavy atom. The number of halogens is 2. The monoisotopic (exact) mass is 653 g/mol. The average Bonchev–Trinajstić information content (AvgIpc) is 3.49. The lowest BCUT2D eigenvalue weighted by atomic mass is 10.0.